The van der Waals surface area contributed by atoms with Crippen molar-refractivity contribution in [1.29, 1.82) is 0 Å². The molecule has 0 spiro atoms. The van der Waals surface area contributed by atoms with Gasteiger partial charge < -0.3 is 15.6 Å². The molecule has 2 amide bonds. The molecule has 4 aromatic rings. The van der Waals surface area contributed by atoms with Gasteiger partial charge in [0.05, 0.1) is 17.1 Å². The fourth-order valence-electron chi connectivity index (χ4n) is 3.28. The zero-order valence-corrected chi connectivity index (χ0v) is 18.7. The van der Waals surface area contributed by atoms with Crippen LogP contribution in [0.5, 0.6) is 0 Å². The van der Waals surface area contributed by atoms with Crippen molar-refractivity contribution >= 4 is 35.1 Å². The van der Waals surface area contributed by atoms with Crippen LogP contribution in [0.1, 0.15) is 17.3 Å². The van der Waals surface area contributed by atoms with Crippen LogP contribution in [-0.2, 0) is 4.79 Å². The maximum absolute atomic E-state index is 13.2. The van der Waals surface area contributed by atoms with Crippen molar-refractivity contribution in [3.05, 3.63) is 78.2 Å². The third kappa shape index (κ3) is 5.09. The van der Waals surface area contributed by atoms with E-state index in [-0.39, 0.29) is 11.8 Å². The number of benzene rings is 2. The van der Waals surface area contributed by atoms with Crippen molar-refractivity contribution in [1.82, 2.24) is 15.0 Å². The van der Waals surface area contributed by atoms with Gasteiger partial charge in [-0.3, -0.25) is 9.59 Å². The number of imidazole rings is 1. The van der Waals surface area contributed by atoms with Crippen molar-refractivity contribution in [2.45, 2.75) is 12.1 Å². The summed E-state index contributed by atoms with van der Waals surface area (Å²) in [4.78, 5) is 36.4. The van der Waals surface area contributed by atoms with E-state index in [1.807, 2.05) is 24.5 Å². The zero-order chi connectivity index (χ0) is 23.4. The molecule has 0 unspecified atom stereocenters. The first-order valence-electron chi connectivity index (χ1n) is 9.99. The van der Waals surface area contributed by atoms with Crippen LogP contribution in [0, 0.1) is 5.82 Å². The van der Waals surface area contributed by atoms with Crippen molar-refractivity contribution in [2.75, 3.05) is 16.9 Å². The number of nitrogens with zero attached hydrogens (tertiary/aromatic N) is 2. The highest BCUT2D eigenvalue weighted by Crippen LogP contribution is 2.36. The summed E-state index contributed by atoms with van der Waals surface area (Å²) in [5, 5.41) is 6.27. The lowest BCUT2D eigenvalue weighted by atomic mass is 10.0. The molecule has 7 nitrogen and oxygen atoms in total. The van der Waals surface area contributed by atoms with E-state index in [0.717, 1.165) is 11.1 Å². The number of carbonyl (C=O) groups excluding carboxylic acids is 2. The Hall–Kier alpha value is -3.98. The molecule has 2 aromatic heterocycles. The van der Waals surface area contributed by atoms with Gasteiger partial charge in [-0.1, -0.05) is 30.0 Å². The zero-order valence-electron chi connectivity index (χ0n) is 17.8. The molecule has 4 rings (SSSR count). The number of hydrogen-bond acceptors (Lipinski definition) is 5. The molecule has 0 aliphatic carbocycles. The first-order valence-corrected chi connectivity index (χ1v) is 11.2. The molecule has 33 heavy (non-hydrogen) atoms. The summed E-state index contributed by atoms with van der Waals surface area (Å²) < 4.78 is 13.2. The van der Waals surface area contributed by atoms with Gasteiger partial charge in [0.25, 0.3) is 5.91 Å². The van der Waals surface area contributed by atoms with E-state index in [4.69, 9.17) is 4.98 Å². The molecule has 166 valence electrons. The van der Waals surface area contributed by atoms with Crippen LogP contribution in [0.15, 0.2) is 72.0 Å². The predicted octanol–water partition coefficient (Wildman–Crippen LogP) is 5.21. The van der Waals surface area contributed by atoms with E-state index in [1.165, 1.54) is 43.0 Å². The molecule has 2 aromatic carbocycles. The van der Waals surface area contributed by atoms with Gasteiger partial charge in [-0.2, -0.15) is 0 Å². The first-order chi connectivity index (χ1) is 15.9. The number of para-hydroxylation sites is 1. The number of nitrogens with one attached hydrogen (secondary N) is 3. The third-order valence-corrected chi connectivity index (χ3v) is 5.34. The van der Waals surface area contributed by atoms with E-state index in [1.54, 1.807) is 24.4 Å². The van der Waals surface area contributed by atoms with Gasteiger partial charge in [0.1, 0.15) is 11.6 Å². The number of amides is 2. The molecule has 0 radical (unpaired) electrons. The minimum Gasteiger partial charge on any atom is -0.332 e. The Balaban J connectivity index is 1.75. The van der Waals surface area contributed by atoms with Crippen molar-refractivity contribution in [3.8, 4) is 22.5 Å². The second-order valence-corrected chi connectivity index (χ2v) is 7.88. The molecular weight excluding hydrogens is 441 g/mol. The van der Waals surface area contributed by atoms with E-state index in [2.05, 4.69) is 20.6 Å². The van der Waals surface area contributed by atoms with Gasteiger partial charge in [-0.25, -0.2) is 14.4 Å². The fraction of sp³-hybridized carbons (Fsp3) is 0.0833. The number of aromatic nitrogens is 3. The molecule has 0 saturated carbocycles. The summed E-state index contributed by atoms with van der Waals surface area (Å²) >= 11 is 1.45. The van der Waals surface area contributed by atoms with Crippen LogP contribution in [0.2, 0.25) is 0 Å². The molecule has 3 N–H and O–H groups in total. The van der Waals surface area contributed by atoms with Crippen molar-refractivity contribution < 1.29 is 14.0 Å². The molecular formula is C24H20FN5O2S. The van der Waals surface area contributed by atoms with Crippen LogP contribution >= 0.6 is 11.8 Å². The summed E-state index contributed by atoms with van der Waals surface area (Å²) in [7, 11) is 0. The standard InChI is InChI=1S/C24H20FN5O2S/c1-14(31)27-20-13-16(11-12-26-20)21-22(30-24(29-21)33-2)18-5-3-4-6-19(18)28-23(32)15-7-9-17(25)10-8-15/h3-13H,1-2H3,(H,28,32)(H,29,30)(H,26,27,31). The van der Waals surface area contributed by atoms with E-state index in [0.29, 0.717) is 33.6 Å². The van der Waals surface area contributed by atoms with Crippen LogP contribution in [0.25, 0.3) is 22.5 Å². The molecule has 0 fully saturated rings. The Morgan fingerprint density at radius 2 is 1.79 bits per heavy atom. The summed E-state index contributed by atoms with van der Waals surface area (Å²) in [5.74, 6) is -0.571. The topological polar surface area (TPSA) is 99.8 Å². The van der Waals surface area contributed by atoms with Gasteiger partial charge in [-0.05, 0) is 48.7 Å². The maximum atomic E-state index is 13.2. The minimum atomic E-state index is -0.408. The second kappa shape index (κ2) is 9.66. The number of hydrogen-bond donors (Lipinski definition) is 3. The lowest BCUT2D eigenvalue weighted by Crippen LogP contribution is -2.12. The van der Waals surface area contributed by atoms with Crippen LogP contribution in [0.3, 0.4) is 0 Å². The number of H-pyrrole nitrogens is 1. The number of aromatic amines is 1. The van der Waals surface area contributed by atoms with Crippen LogP contribution < -0.4 is 10.6 Å². The summed E-state index contributed by atoms with van der Waals surface area (Å²) in [6.45, 7) is 1.42. The third-order valence-electron chi connectivity index (χ3n) is 4.76. The van der Waals surface area contributed by atoms with Crippen LogP contribution in [0.4, 0.5) is 15.9 Å². The number of pyridine rings is 1. The summed E-state index contributed by atoms with van der Waals surface area (Å²) in [5.41, 5.74) is 3.75. The van der Waals surface area contributed by atoms with Crippen molar-refractivity contribution in [3.63, 3.8) is 0 Å². The SMILES string of the molecule is CSc1nc(-c2ccnc(NC(C)=O)c2)c(-c2ccccc2NC(=O)c2ccc(F)cc2)[nH]1. The normalized spacial score (nSPS) is 10.6. The van der Waals surface area contributed by atoms with Gasteiger partial charge in [0.2, 0.25) is 5.91 Å². The number of carbonyl (C=O) groups is 2. The average Bonchev–Trinajstić information content (AvgIpc) is 3.24. The lowest BCUT2D eigenvalue weighted by molar-refractivity contribution is -0.114. The number of anilines is 2. The quantitative estimate of drug-likeness (QED) is 0.342. The number of rotatable bonds is 6. The maximum Gasteiger partial charge on any atom is 0.255 e. The molecule has 0 aliphatic heterocycles. The largest absolute Gasteiger partial charge is 0.332 e. The first kappa shape index (κ1) is 22.2. The van der Waals surface area contributed by atoms with E-state index in [9.17, 15) is 14.0 Å². The number of halogens is 1. The Kier molecular flexibility index (Phi) is 6.50. The van der Waals surface area contributed by atoms with Gasteiger partial charge in [-0.15, -0.1) is 0 Å². The second-order valence-electron chi connectivity index (χ2n) is 7.09. The number of thioether (sulfide) groups is 1. The monoisotopic (exact) mass is 461 g/mol. The minimum absolute atomic E-state index is 0.222. The van der Waals surface area contributed by atoms with Crippen molar-refractivity contribution in [2.24, 2.45) is 0 Å². The highest BCUT2D eigenvalue weighted by atomic mass is 32.2. The predicted molar refractivity (Wildman–Crippen MR) is 128 cm³/mol. The average molecular weight is 462 g/mol. The Bertz CT molecular complexity index is 1320. The molecule has 2 heterocycles. The fourth-order valence-corrected chi connectivity index (χ4v) is 3.67. The highest BCUT2D eigenvalue weighted by molar-refractivity contribution is 7.98. The molecule has 0 bridgehead atoms. The molecule has 9 heteroatoms. The molecule has 0 atom stereocenters. The Morgan fingerprint density at radius 3 is 2.52 bits per heavy atom. The highest BCUT2D eigenvalue weighted by Gasteiger charge is 2.18. The summed E-state index contributed by atoms with van der Waals surface area (Å²) in [6.07, 6.45) is 3.50. The Labute approximate surface area is 193 Å². The van der Waals surface area contributed by atoms with E-state index < -0.39 is 5.82 Å². The van der Waals surface area contributed by atoms with Gasteiger partial charge in [0.15, 0.2) is 5.16 Å². The van der Waals surface area contributed by atoms with Gasteiger partial charge in [0, 0.05) is 29.8 Å². The summed E-state index contributed by atoms with van der Waals surface area (Å²) in [6, 6.07) is 16.2. The Morgan fingerprint density at radius 1 is 1.03 bits per heavy atom. The van der Waals surface area contributed by atoms with E-state index >= 15 is 0 Å². The smallest absolute Gasteiger partial charge is 0.255 e. The molecule has 0 aliphatic rings. The lowest BCUT2D eigenvalue weighted by Gasteiger charge is -2.12. The van der Waals surface area contributed by atoms with Gasteiger partial charge >= 0.3 is 0 Å². The molecule has 0 saturated heterocycles. The van der Waals surface area contributed by atoms with Crippen LogP contribution in [-0.4, -0.2) is 33.0 Å².